The molecule has 3 rings (SSSR count). The Morgan fingerprint density at radius 1 is 0.923 bits per heavy atom. The van der Waals surface area contributed by atoms with Crippen LogP contribution in [0.1, 0.15) is 20.7 Å². The first-order valence-corrected chi connectivity index (χ1v) is 7.49. The minimum atomic E-state index is -2.94. The van der Waals surface area contributed by atoms with Crippen LogP contribution in [0, 0.1) is 0 Å². The fraction of sp³-hybridized carbons (Fsp3) is 0.111. The van der Waals surface area contributed by atoms with Gasteiger partial charge in [-0.1, -0.05) is 0 Å². The number of Topliss-reactive ketones (excluding diaryl/α,β-unsaturated/α-hetero) is 1. The number of carbonyl (C=O) groups excluding carboxylic acids is 2. The molecule has 0 fully saturated rings. The standard InChI is InChI=1S/C18H12F2N2O4/c19-18(20)26-13-4-1-11(2-5-13)16(23)10-25-17(24)12-3-6-14-15(9-12)22-8-7-21-14/h1-9,18H,10H2. The van der Waals surface area contributed by atoms with Gasteiger partial charge in [0.15, 0.2) is 12.4 Å². The molecule has 3 aromatic rings. The summed E-state index contributed by atoms with van der Waals surface area (Å²) in [6, 6.07) is 9.79. The Bertz CT molecular complexity index is 945. The molecule has 0 aliphatic heterocycles. The summed E-state index contributed by atoms with van der Waals surface area (Å²) < 4.78 is 33.4. The van der Waals surface area contributed by atoms with Crippen LogP contribution in [-0.2, 0) is 4.74 Å². The first-order valence-electron chi connectivity index (χ1n) is 7.49. The van der Waals surface area contributed by atoms with Gasteiger partial charge >= 0.3 is 12.6 Å². The van der Waals surface area contributed by atoms with E-state index in [9.17, 15) is 18.4 Å². The number of halogens is 2. The number of benzene rings is 2. The number of esters is 1. The van der Waals surface area contributed by atoms with E-state index in [-0.39, 0.29) is 16.9 Å². The van der Waals surface area contributed by atoms with Gasteiger partial charge in [0.25, 0.3) is 0 Å². The van der Waals surface area contributed by atoms with Crippen molar-refractivity contribution in [2.75, 3.05) is 6.61 Å². The quantitative estimate of drug-likeness (QED) is 0.497. The zero-order valence-electron chi connectivity index (χ0n) is 13.3. The predicted octanol–water partition coefficient (Wildman–Crippen LogP) is 3.27. The Hall–Kier alpha value is -3.42. The van der Waals surface area contributed by atoms with Gasteiger partial charge in [0.1, 0.15) is 5.75 Å². The van der Waals surface area contributed by atoms with Gasteiger partial charge in [-0.05, 0) is 42.5 Å². The first-order chi connectivity index (χ1) is 12.5. The Balaban J connectivity index is 1.61. The van der Waals surface area contributed by atoms with Crippen molar-refractivity contribution < 1.29 is 27.8 Å². The SMILES string of the molecule is O=C(COC(=O)c1ccc2nccnc2c1)c1ccc(OC(F)F)cc1. The van der Waals surface area contributed by atoms with Crippen LogP contribution in [0.4, 0.5) is 8.78 Å². The second-order valence-electron chi connectivity index (χ2n) is 5.16. The van der Waals surface area contributed by atoms with E-state index >= 15 is 0 Å². The lowest BCUT2D eigenvalue weighted by atomic mass is 10.1. The topological polar surface area (TPSA) is 78.4 Å². The number of ketones is 1. The second kappa shape index (κ2) is 7.64. The van der Waals surface area contributed by atoms with Crippen molar-refractivity contribution in [3.05, 3.63) is 66.0 Å². The van der Waals surface area contributed by atoms with Crippen molar-refractivity contribution >= 4 is 22.8 Å². The number of hydrogen-bond acceptors (Lipinski definition) is 6. The molecule has 2 aromatic carbocycles. The first kappa shape index (κ1) is 17.4. The Labute approximate surface area is 146 Å². The van der Waals surface area contributed by atoms with Gasteiger partial charge in [-0.15, -0.1) is 0 Å². The number of nitrogens with zero attached hydrogens (tertiary/aromatic N) is 2. The Morgan fingerprint density at radius 3 is 2.27 bits per heavy atom. The number of fused-ring (bicyclic) bond motifs is 1. The van der Waals surface area contributed by atoms with Crippen molar-refractivity contribution in [1.29, 1.82) is 0 Å². The van der Waals surface area contributed by atoms with Gasteiger partial charge in [0, 0.05) is 18.0 Å². The van der Waals surface area contributed by atoms with E-state index in [1.54, 1.807) is 6.07 Å². The fourth-order valence-electron chi connectivity index (χ4n) is 2.21. The van der Waals surface area contributed by atoms with Crippen LogP contribution in [0.15, 0.2) is 54.9 Å². The summed E-state index contributed by atoms with van der Waals surface area (Å²) >= 11 is 0. The average Bonchev–Trinajstić information content (AvgIpc) is 2.65. The lowest BCUT2D eigenvalue weighted by Crippen LogP contribution is -2.14. The van der Waals surface area contributed by atoms with Crippen molar-refractivity contribution in [1.82, 2.24) is 9.97 Å². The number of rotatable bonds is 6. The molecule has 0 unspecified atom stereocenters. The van der Waals surface area contributed by atoms with E-state index in [1.807, 2.05) is 0 Å². The summed E-state index contributed by atoms with van der Waals surface area (Å²) in [6.45, 7) is -3.42. The molecule has 0 atom stereocenters. The van der Waals surface area contributed by atoms with E-state index in [0.717, 1.165) is 0 Å². The number of aromatic nitrogens is 2. The number of alkyl halides is 2. The molecule has 0 bridgehead atoms. The smallest absolute Gasteiger partial charge is 0.387 e. The van der Waals surface area contributed by atoms with Crippen LogP contribution in [0.2, 0.25) is 0 Å². The van der Waals surface area contributed by atoms with Gasteiger partial charge in [-0.3, -0.25) is 14.8 Å². The van der Waals surface area contributed by atoms with E-state index in [0.29, 0.717) is 11.0 Å². The van der Waals surface area contributed by atoms with Crippen LogP contribution in [0.5, 0.6) is 5.75 Å². The minimum Gasteiger partial charge on any atom is -0.454 e. The highest BCUT2D eigenvalue weighted by atomic mass is 19.3. The molecule has 0 aliphatic rings. The zero-order chi connectivity index (χ0) is 18.5. The molecule has 0 saturated carbocycles. The molecule has 132 valence electrons. The number of ether oxygens (including phenoxy) is 2. The summed E-state index contributed by atoms with van der Waals surface area (Å²) in [5, 5.41) is 0. The van der Waals surface area contributed by atoms with Crippen molar-refractivity contribution in [3.63, 3.8) is 0 Å². The molecular formula is C18H12F2N2O4. The Morgan fingerprint density at radius 2 is 1.58 bits per heavy atom. The van der Waals surface area contributed by atoms with Gasteiger partial charge in [-0.2, -0.15) is 8.78 Å². The lowest BCUT2D eigenvalue weighted by Gasteiger charge is -2.07. The van der Waals surface area contributed by atoms with Gasteiger partial charge in [-0.25, -0.2) is 4.79 Å². The third-order valence-electron chi connectivity index (χ3n) is 3.44. The van der Waals surface area contributed by atoms with Crippen LogP contribution < -0.4 is 4.74 Å². The second-order valence-corrected chi connectivity index (χ2v) is 5.16. The summed E-state index contributed by atoms with van der Waals surface area (Å²) in [4.78, 5) is 32.3. The normalized spacial score (nSPS) is 10.7. The molecule has 26 heavy (non-hydrogen) atoms. The molecular weight excluding hydrogens is 346 g/mol. The number of hydrogen-bond donors (Lipinski definition) is 0. The third kappa shape index (κ3) is 4.15. The minimum absolute atomic E-state index is 0.0641. The summed E-state index contributed by atoms with van der Waals surface area (Å²) in [5.74, 6) is -1.21. The highest BCUT2D eigenvalue weighted by Crippen LogP contribution is 2.16. The number of carbonyl (C=O) groups is 2. The molecule has 0 aliphatic carbocycles. The zero-order valence-corrected chi connectivity index (χ0v) is 13.3. The molecule has 0 saturated heterocycles. The molecule has 0 spiro atoms. The molecule has 0 amide bonds. The molecule has 0 radical (unpaired) electrons. The van der Waals surface area contributed by atoms with Gasteiger partial charge in [0.05, 0.1) is 16.6 Å². The summed E-state index contributed by atoms with van der Waals surface area (Å²) in [6.07, 6.45) is 3.04. The van der Waals surface area contributed by atoms with E-state index in [4.69, 9.17) is 4.74 Å². The maximum Gasteiger partial charge on any atom is 0.387 e. The van der Waals surface area contributed by atoms with Crippen molar-refractivity contribution in [2.24, 2.45) is 0 Å². The molecule has 1 heterocycles. The summed E-state index contributed by atoms with van der Waals surface area (Å²) in [5.41, 5.74) is 1.62. The molecule has 1 aromatic heterocycles. The van der Waals surface area contributed by atoms with Crippen LogP contribution in [0.3, 0.4) is 0 Å². The lowest BCUT2D eigenvalue weighted by molar-refractivity contribution is -0.0498. The fourth-order valence-corrected chi connectivity index (χ4v) is 2.21. The van der Waals surface area contributed by atoms with E-state index in [2.05, 4.69) is 14.7 Å². The highest BCUT2D eigenvalue weighted by molar-refractivity contribution is 6.00. The van der Waals surface area contributed by atoms with Gasteiger partial charge in [0.2, 0.25) is 0 Å². The van der Waals surface area contributed by atoms with Crippen LogP contribution in [-0.4, -0.2) is 34.9 Å². The maximum atomic E-state index is 12.1. The predicted molar refractivity (Wildman–Crippen MR) is 87.2 cm³/mol. The van der Waals surface area contributed by atoms with Gasteiger partial charge < -0.3 is 9.47 Å². The largest absolute Gasteiger partial charge is 0.454 e. The molecule has 0 N–H and O–H groups in total. The highest BCUT2D eigenvalue weighted by Gasteiger charge is 2.13. The van der Waals surface area contributed by atoms with Crippen LogP contribution in [0.25, 0.3) is 11.0 Å². The van der Waals surface area contributed by atoms with Crippen molar-refractivity contribution in [3.8, 4) is 5.75 Å². The molecule has 8 heteroatoms. The van der Waals surface area contributed by atoms with E-state index < -0.39 is 25.0 Å². The third-order valence-corrected chi connectivity index (χ3v) is 3.44. The maximum absolute atomic E-state index is 12.1. The Kier molecular flexibility index (Phi) is 5.12. The van der Waals surface area contributed by atoms with Crippen LogP contribution >= 0.6 is 0 Å². The monoisotopic (exact) mass is 358 g/mol. The molecule has 6 nitrogen and oxygen atoms in total. The van der Waals surface area contributed by atoms with E-state index in [1.165, 1.54) is 48.8 Å². The van der Waals surface area contributed by atoms with Crippen molar-refractivity contribution in [2.45, 2.75) is 6.61 Å². The summed E-state index contributed by atoms with van der Waals surface area (Å²) in [7, 11) is 0. The average molecular weight is 358 g/mol.